The van der Waals surface area contributed by atoms with E-state index in [4.69, 9.17) is 0 Å². The molecule has 0 amide bonds. The van der Waals surface area contributed by atoms with Crippen molar-refractivity contribution in [3.63, 3.8) is 0 Å². The van der Waals surface area contributed by atoms with E-state index in [1.165, 1.54) is 5.57 Å². The van der Waals surface area contributed by atoms with Gasteiger partial charge in [-0.05, 0) is 35.4 Å². The molecule has 1 nitrogen and oxygen atoms in total. The zero-order valence-corrected chi connectivity index (χ0v) is 8.90. The minimum Gasteiger partial charge on any atom is -0.511 e. The Balaban J connectivity index is 4.37. The molecule has 0 aliphatic rings. The van der Waals surface area contributed by atoms with Gasteiger partial charge in [-0.15, -0.1) is 0 Å². The maximum absolute atomic E-state index is 9.26. The molecule has 0 radical (unpaired) electrons. The molecular weight excluding hydrogens is 204 g/mol. The molecule has 2 heteroatoms. The number of aliphatic hydroxyl groups is 1. The highest BCUT2D eigenvalue weighted by atomic mass is 79.9. The van der Waals surface area contributed by atoms with Crippen molar-refractivity contribution in [3.8, 4) is 0 Å². The van der Waals surface area contributed by atoms with Crippen LogP contribution in [0.4, 0.5) is 0 Å². The first-order chi connectivity index (χ1) is 5.11. The van der Waals surface area contributed by atoms with E-state index in [0.717, 1.165) is 10.9 Å². The van der Waals surface area contributed by atoms with Gasteiger partial charge in [0.2, 0.25) is 0 Å². The van der Waals surface area contributed by atoms with Crippen LogP contribution in [0.1, 0.15) is 33.6 Å². The third-order valence-electron chi connectivity index (χ3n) is 1.54. The molecule has 0 atom stereocenters. The summed E-state index contributed by atoms with van der Waals surface area (Å²) >= 11 is 3.30. The van der Waals surface area contributed by atoms with Crippen LogP contribution >= 0.6 is 15.9 Å². The van der Waals surface area contributed by atoms with Gasteiger partial charge >= 0.3 is 0 Å². The predicted molar refractivity (Wildman–Crippen MR) is 52.9 cm³/mol. The molecule has 0 bridgehead atoms. The number of rotatable bonds is 3. The first-order valence-corrected chi connectivity index (χ1v) is 4.65. The minimum absolute atomic E-state index is 0.415. The molecule has 0 unspecified atom stereocenters. The Morgan fingerprint density at radius 1 is 1.36 bits per heavy atom. The molecule has 64 valence electrons. The Morgan fingerprint density at radius 3 is 2.27 bits per heavy atom. The SMILES string of the molecule is CCC(C)=C/C(Br)=C(/O)CC. The summed E-state index contributed by atoms with van der Waals surface area (Å²) in [6.45, 7) is 6.06. The zero-order chi connectivity index (χ0) is 8.85. The van der Waals surface area contributed by atoms with Gasteiger partial charge in [0.15, 0.2) is 0 Å². The van der Waals surface area contributed by atoms with E-state index in [2.05, 4.69) is 22.9 Å². The van der Waals surface area contributed by atoms with Gasteiger partial charge in [-0.1, -0.05) is 19.4 Å². The van der Waals surface area contributed by atoms with Crippen molar-refractivity contribution in [2.24, 2.45) is 0 Å². The van der Waals surface area contributed by atoms with E-state index in [0.29, 0.717) is 12.2 Å². The molecule has 0 fully saturated rings. The fraction of sp³-hybridized carbons (Fsp3) is 0.556. The molecule has 0 aromatic carbocycles. The quantitative estimate of drug-likeness (QED) is 0.563. The van der Waals surface area contributed by atoms with E-state index in [1.807, 2.05) is 19.9 Å². The van der Waals surface area contributed by atoms with E-state index in [-0.39, 0.29) is 0 Å². The van der Waals surface area contributed by atoms with Gasteiger partial charge in [0.05, 0.1) is 4.48 Å². The number of halogens is 1. The summed E-state index contributed by atoms with van der Waals surface area (Å²) < 4.78 is 0.805. The molecule has 0 aromatic rings. The van der Waals surface area contributed by atoms with Gasteiger partial charge in [-0.2, -0.15) is 0 Å². The molecule has 0 aliphatic heterocycles. The van der Waals surface area contributed by atoms with Crippen LogP contribution in [0.3, 0.4) is 0 Å². The van der Waals surface area contributed by atoms with Crippen molar-refractivity contribution in [1.82, 2.24) is 0 Å². The molecule has 1 N–H and O–H groups in total. The summed E-state index contributed by atoms with van der Waals surface area (Å²) in [5.41, 5.74) is 1.26. The highest BCUT2D eigenvalue weighted by molar-refractivity contribution is 9.11. The Bertz CT molecular complexity index is 180. The van der Waals surface area contributed by atoms with E-state index >= 15 is 0 Å². The third-order valence-corrected chi connectivity index (χ3v) is 2.23. The number of aliphatic hydroxyl groups excluding tert-OH is 1. The molecule has 0 aliphatic carbocycles. The maximum atomic E-state index is 9.26. The van der Waals surface area contributed by atoms with E-state index in [9.17, 15) is 5.11 Å². The number of hydrogen-bond donors (Lipinski definition) is 1. The number of hydrogen-bond acceptors (Lipinski definition) is 1. The highest BCUT2D eigenvalue weighted by Crippen LogP contribution is 2.16. The number of allylic oxidation sites excluding steroid dienone is 4. The van der Waals surface area contributed by atoms with Gasteiger partial charge in [0.25, 0.3) is 0 Å². The standard InChI is InChI=1S/C9H15BrO/c1-4-7(3)6-8(10)9(11)5-2/h6,11H,4-5H2,1-3H3/b7-6?,9-8-. The lowest BCUT2D eigenvalue weighted by atomic mass is 10.2. The van der Waals surface area contributed by atoms with Crippen LogP contribution < -0.4 is 0 Å². The van der Waals surface area contributed by atoms with Crippen LogP contribution in [-0.4, -0.2) is 5.11 Å². The minimum atomic E-state index is 0.415. The second kappa shape index (κ2) is 5.42. The molecule has 0 heterocycles. The monoisotopic (exact) mass is 218 g/mol. The fourth-order valence-corrected chi connectivity index (χ4v) is 1.24. The molecule has 0 spiro atoms. The fourth-order valence-electron chi connectivity index (χ4n) is 0.571. The van der Waals surface area contributed by atoms with Crippen molar-refractivity contribution in [3.05, 3.63) is 21.9 Å². The smallest absolute Gasteiger partial charge is 0.106 e. The lowest BCUT2D eigenvalue weighted by Gasteiger charge is -1.98. The molecule has 0 saturated heterocycles. The first-order valence-electron chi connectivity index (χ1n) is 3.86. The molecular formula is C9H15BrO. The third kappa shape index (κ3) is 4.25. The van der Waals surface area contributed by atoms with Gasteiger partial charge in [0.1, 0.15) is 5.76 Å². The van der Waals surface area contributed by atoms with Crippen LogP contribution in [0, 0.1) is 0 Å². The molecule has 0 saturated carbocycles. The summed E-state index contributed by atoms with van der Waals surface area (Å²) in [7, 11) is 0. The summed E-state index contributed by atoms with van der Waals surface area (Å²) in [4.78, 5) is 0. The summed E-state index contributed by atoms with van der Waals surface area (Å²) in [5.74, 6) is 0.415. The van der Waals surface area contributed by atoms with Crippen molar-refractivity contribution in [1.29, 1.82) is 0 Å². The van der Waals surface area contributed by atoms with Gasteiger partial charge < -0.3 is 5.11 Å². The predicted octanol–water partition coefficient (Wildman–Crippen LogP) is 3.92. The zero-order valence-electron chi connectivity index (χ0n) is 7.32. The average Bonchev–Trinajstić information content (AvgIpc) is 2.02. The van der Waals surface area contributed by atoms with Crippen LogP contribution in [-0.2, 0) is 0 Å². The Morgan fingerprint density at radius 2 is 1.91 bits per heavy atom. The van der Waals surface area contributed by atoms with E-state index < -0.39 is 0 Å². The second-order valence-electron chi connectivity index (χ2n) is 2.49. The second-order valence-corrected chi connectivity index (χ2v) is 3.35. The van der Waals surface area contributed by atoms with Gasteiger partial charge in [-0.25, -0.2) is 0 Å². The summed E-state index contributed by atoms with van der Waals surface area (Å²) in [6, 6.07) is 0. The van der Waals surface area contributed by atoms with Crippen molar-refractivity contribution < 1.29 is 5.11 Å². The van der Waals surface area contributed by atoms with Crippen molar-refractivity contribution in [2.75, 3.05) is 0 Å². The largest absolute Gasteiger partial charge is 0.511 e. The van der Waals surface area contributed by atoms with Crippen LogP contribution in [0.15, 0.2) is 21.9 Å². The molecule has 0 aromatic heterocycles. The van der Waals surface area contributed by atoms with Crippen molar-refractivity contribution >= 4 is 15.9 Å². The van der Waals surface area contributed by atoms with Gasteiger partial charge in [0, 0.05) is 6.42 Å². The topological polar surface area (TPSA) is 20.2 Å². The maximum Gasteiger partial charge on any atom is 0.106 e. The Kier molecular flexibility index (Phi) is 5.30. The Hall–Kier alpha value is -0.240. The van der Waals surface area contributed by atoms with Crippen LogP contribution in [0.5, 0.6) is 0 Å². The lowest BCUT2D eigenvalue weighted by Crippen LogP contribution is -1.81. The highest BCUT2D eigenvalue weighted by Gasteiger charge is 1.95. The lowest BCUT2D eigenvalue weighted by molar-refractivity contribution is 0.393. The molecule has 0 rings (SSSR count). The van der Waals surface area contributed by atoms with Gasteiger partial charge in [-0.3, -0.25) is 0 Å². The molecule has 11 heavy (non-hydrogen) atoms. The van der Waals surface area contributed by atoms with Crippen molar-refractivity contribution in [2.45, 2.75) is 33.6 Å². The summed E-state index contributed by atoms with van der Waals surface area (Å²) in [5, 5.41) is 9.26. The van der Waals surface area contributed by atoms with Crippen LogP contribution in [0.25, 0.3) is 0 Å². The normalized spacial score (nSPS) is 14.7. The van der Waals surface area contributed by atoms with E-state index in [1.54, 1.807) is 0 Å². The first kappa shape index (κ1) is 10.8. The Labute approximate surface area is 76.9 Å². The van der Waals surface area contributed by atoms with Crippen LogP contribution in [0.2, 0.25) is 0 Å². The summed E-state index contributed by atoms with van der Waals surface area (Å²) in [6.07, 6.45) is 3.65. The average molecular weight is 219 g/mol.